The van der Waals surface area contributed by atoms with Crippen molar-refractivity contribution >= 4 is 17.0 Å². The molecule has 4 heteroatoms. The third kappa shape index (κ3) is 4.17. The lowest BCUT2D eigenvalue weighted by atomic mass is 10.1. The number of likely N-dealkylation sites (N-methyl/N-ethyl adjacent to an activating group) is 1. The Bertz CT molecular complexity index is 270. The van der Waals surface area contributed by atoms with Gasteiger partial charge in [-0.05, 0) is 24.2 Å². The monoisotopic (exact) mass is 263 g/mol. The van der Waals surface area contributed by atoms with Gasteiger partial charge in [-0.15, -0.1) is 17.0 Å². The molecule has 2 nitrogen and oxygen atoms in total. The largest absolute Gasteiger partial charge is 0.387 e. The Balaban J connectivity index is 0.00000169. The first kappa shape index (κ1) is 13.5. The second-order valence-corrected chi connectivity index (χ2v) is 2.88. The number of hydrogen-bond acceptors (Lipinski definition) is 2. The maximum Gasteiger partial charge on any atom is 0.123 e. The van der Waals surface area contributed by atoms with E-state index in [0.29, 0.717) is 12.1 Å². The predicted molar refractivity (Wildman–Crippen MR) is 60.2 cm³/mol. The summed E-state index contributed by atoms with van der Waals surface area (Å²) in [6.07, 6.45) is -0.629. The van der Waals surface area contributed by atoms with Crippen molar-refractivity contribution in [1.29, 1.82) is 0 Å². The number of benzene rings is 1. The summed E-state index contributed by atoms with van der Waals surface area (Å²) in [6, 6.07) is 6.02. The lowest BCUT2D eigenvalue weighted by molar-refractivity contribution is 0.175. The normalized spacial score (nSPS) is 11.9. The van der Waals surface area contributed by atoms with Crippen LogP contribution in [0.2, 0.25) is 0 Å². The van der Waals surface area contributed by atoms with Gasteiger partial charge in [-0.25, -0.2) is 4.39 Å². The van der Waals surface area contributed by atoms with Crippen LogP contribution >= 0.6 is 17.0 Å². The summed E-state index contributed by atoms with van der Waals surface area (Å²) < 4.78 is 12.7. The van der Waals surface area contributed by atoms with Crippen LogP contribution in [0.1, 0.15) is 18.6 Å². The third-order valence-corrected chi connectivity index (χ3v) is 1.82. The van der Waals surface area contributed by atoms with E-state index in [1.165, 1.54) is 12.1 Å². The van der Waals surface area contributed by atoms with Crippen molar-refractivity contribution in [1.82, 2.24) is 5.32 Å². The number of hydrogen-bond donors (Lipinski definition) is 2. The van der Waals surface area contributed by atoms with E-state index < -0.39 is 6.10 Å². The van der Waals surface area contributed by atoms with Gasteiger partial charge >= 0.3 is 0 Å². The minimum absolute atomic E-state index is 0. The summed E-state index contributed by atoms with van der Waals surface area (Å²) in [5.41, 5.74) is 0.612. The van der Waals surface area contributed by atoms with Crippen LogP contribution in [0.3, 0.4) is 0 Å². The average Bonchev–Trinajstić information content (AvgIpc) is 2.14. The first-order chi connectivity index (χ1) is 6.24. The van der Waals surface area contributed by atoms with E-state index in [2.05, 4.69) is 5.32 Å². The van der Waals surface area contributed by atoms with Gasteiger partial charge < -0.3 is 10.4 Å². The molecule has 2 N–H and O–H groups in total. The molecule has 0 saturated carbocycles. The van der Waals surface area contributed by atoms with Crippen LogP contribution in [-0.2, 0) is 0 Å². The van der Waals surface area contributed by atoms with Crippen molar-refractivity contribution in [3.05, 3.63) is 35.6 Å². The molecule has 1 aromatic rings. The van der Waals surface area contributed by atoms with Crippen molar-refractivity contribution in [3.63, 3.8) is 0 Å². The van der Waals surface area contributed by atoms with Crippen LogP contribution in [0.15, 0.2) is 24.3 Å². The second-order valence-electron chi connectivity index (χ2n) is 2.88. The predicted octanol–water partition coefficient (Wildman–Crippen LogP) is 2.05. The summed E-state index contributed by atoms with van der Waals surface area (Å²) in [6.45, 7) is 3.21. The molecule has 0 aromatic heterocycles. The molecule has 80 valence electrons. The zero-order valence-corrected chi connectivity index (χ0v) is 9.75. The van der Waals surface area contributed by atoms with E-state index in [1.807, 2.05) is 6.92 Å². The number of halogens is 2. The second kappa shape index (κ2) is 6.92. The zero-order chi connectivity index (χ0) is 9.68. The molecular weight excluding hydrogens is 249 g/mol. The van der Waals surface area contributed by atoms with Gasteiger partial charge in [0.1, 0.15) is 5.82 Å². The molecular formula is C10H15BrFNO. The molecule has 0 aliphatic rings. The first-order valence-corrected chi connectivity index (χ1v) is 4.38. The highest BCUT2D eigenvalue weighted by atomic mass is 79.9. The van der Waals surface area contributed by atoms with Crippen LogP contribution < -0.4 is 5.32 Å². The summed E-state index contributed by atoms with van der Waals surface area (Å²) in [4.78, 5) is 0. The molecule has 0 amide bonds. The number of aliphatic hydroxyl groups is 1. The molecule has 0 aliphatic heterocycles. The molecule has 0 fully saturated rings. The lowest BCUT2D eigenvalue weighted by Crippen LogP contribution is -2.20. The first-order valence-electron chi connectivity index (χ1n) is 4.38. The molecule has 0 heterocycles. The van der Waals surface area contributed by atoms with Crippen LogP contribution in [0, 0.1) is 5.82 Å². The van der Waals surface area contributed by atoms with Crippen LogP contribution in [0.5, 0.6) is 0 Å². The Morgan fingerprint density at radius 2 is 2.21 bits per heavy atom. The number of rotatable bonds is 4. The highest BCUT2D eigenvalue weighted by molar-refractivity contribution is 8.93. The van der Waals surface area contributed by atoms with Gasteiger partial charge in [0, 0.05) is 6.54 Å². The summed E-state index contributed by atoms with van der Waals surface area (Å²) in [5.74, 6) is -0.312. The quantitative estimate of drug-likeness (QED) is 0.872. The smallest absolute Gasteiger partial charge is 0.123 e. The van der Waals surface area contributed by atoms with Gasteiger partial charge in [0.2, 0.25) is 0 Å². The fraction of sp³-hybridized carbons (Fsp3) is 0.400. The molecule has 1 rings (SSSR count). The van der Waals surface area contributed by atoms with Crippen molar-refractivity contribution in [2.24, 2.45) is 0 Å². The van der Waals surface area contributed by atoms with Gasteiger partial charge in [-0.2, -0.15) is 0 Å². The van der Waals surface area contributed by atoms with Crippen LogP contribution in [0.25, 0.3) is 0 Å². The Hall–Kier alpha value is -0.450. The van der Waals surface area contributed by atoms with Crippen LogP contribution in [-0.4, -0.2) is 18.2 Å². The average molecular weight is 264 g/mol. The topological polar surface area (TPSA) is 32.3 Å². The van der Waals surface area contributed by atoms with Gasteiger partial charge in [-0.1, -0.05) is 19.1 Å². The van der Waals surface area contributed by atoms with Gasteiger partial charge in [-0.3, -0.25) is 0 Å². The summed E-state index contributed by atoms with van der Waals surface area (Å²) in [7, 11) is 0. The standard InChI is InChI=1S/C10H14FNO.BrH/c1-2-12-7-10(13)8-4-3-5-9(11)6-8;/h3-6,10,12-13H,2,7H2,1H3;1H. The molecule has 1 atom stereocenters. The summed E-state index contributed by atoms with van der Waals surface area (Å²) in [5, 5.41) is 12.5. The molecule has 0 bridgehead atoms. The van der Waals surface area contributed by atoms with E-state index in [-0.39, 0.29) is 22.8 Å². The molecule has 1 unspecified atom stereocenters. The number of nitrogens with one attached hydrogen (secondary N) is 1. The van der Waals surface area contributed by atoms with E-state index in [4.69, 9.17) is 0 Å². The molecule has 0 radical (unpaired) electrons. The van der Waals surface area contributed by atoms with E-state index in [9.17, 15) is 9.50 Å². The minimum atomic E-state index is -0.629. The van der Waals surface area contributed by atoms with E-state index in [1.54, 1.807) is 12.1 Å². The maximum absolute atomic E-state index is 12.7. The van der Waals surface area contributed by atoms with Gasteiger partial charge in [0.05, 0.1) is 6.10 Å². The van der Waals surface area contributed by atoms with Crippen molar-refractivity contribution < 1.29 is 9.50 Å². The van der Waals surface area contributed by atoms with Crippen molar-refractivity contribution in [2.75, 3.05) is 13.1 Å². The Kier molecular flexibility index (Phi) is 6.70. The molecule has 14 heavy (non-hydrogen) atoms. The number of aliphatic hydroxyl groups excluding tert-OH is 1. The fourth-order valence-electron chi connectivity index (χ4n) is 1.11. The SMILES string of the molecule is Br.CCNCC(O)c1cccc(F)c1. The van der Waals surface area contributed by atoms with E-state index in [0.717, 1.165) is 6.54 Å². The molecule has 0 aliphatic carbocycles. The minimum Gasteiger partial charge on any atom is -0.387 e. The molecule has 0 saturated heterocycles. The third-order valence-electron chi connectivity index (χ3n) is 1.82. The van der Waals surface area contributed by atoms with Crippen molar-refractivity contribution in [2.45, 2.75) is 13.0 Å². The fourth-order valence-corrected chi connectivity index (χ4v) is 1.11. The van der Waals surface area contributed by atoms with Crippen LogP contribution in [0.4, 0.5) is 4.39 Å². The molecule has 0 spiro atoms. The Morgan fingerprint density at radius 1 is 1.50 bits per heavy atom. The summed E-state index contributed by atoms with van der Waals surface area (Å²) >= 11 is 0. The Labute approximate surface area is 93.9 Å². The Morgan fingerprint density at radius 3 is 2.79 bits per heavy atom. The highest BCUT2D eigenvalue weighted by Gasteiger charge is 2.06. The van der Waals surface area contributed by atoms with Gasteiger partial charge in [0.25, 0.3) is 0 Å². The van der Waals surface area contributed by atoms with Crippen molar-refractivity contribution in [3.8, 4) is 0 Å². The van der Waals surface area contributed by atoms with E-state index >= 15 is 0 Å². The van der Waals surface area contributed by atoms with Gasteiger partial charge in [0.15, 0.2) is 0 Å². The lowest BCUT2D eigenvalue weighted by Gasteiger charge is -2.10. The highest BCUT2D eigenvalue weighted by Crippen LogP contribution is 2.12. The zero-order valence-electron chi connectivity index (χ0n) is 8.03. The molecule has 1 aromatic carbocycles. The maximum atomic E-state index is 12.7.